The molecule has 2 amide bonds. The molecular formula is C27H27N3O3S. The molecule has 0 aromatic heterocycles. The van der Waals surface area contributed by atoms with Crippen molar-refractivity contribution in [3.05, 3.63) is 90.5 Å². The second-order valence-corrected chi connectivity index (χ2v) is 9.04. The maximum absolute atomic E-state index is 13.1. The maximum atomic E-state index is 13.1. The molecule has 0 spiro atoms. The zero-order chi connectivity index (χ0) is 23.8. The van der Waals surface area contributed by atoms with Crippen LogP contribution < -0.4 is 10.1 Å². The van der Waals surface area contributed by atoms with Gasteiger partial charge in [0.2, 0.25) is 11.8 Å². The lowest BCUT2D eigenvalue weighted by atomic mass is 10.2. The molecule has 1 unspecified atom stereocenters. The van der Waals surface area contributed by atoms with Crippen molar-refractivity contribution in [2.75, 3.05) is 11.9 Å². The number of aliphatic imine (C=N–C) groups is 1. The highest BCUT2D eigenvalue weighted by Gasteiger charge is 2.36. The highest BCUT2D eigenvalue weighted by atomic mass is 32.2. The van der Waals surface area contributed by atoms with E-state index in [9.17, 15) is 9.59 Å². The van der Waals surface area contributed by atoms with Gasteiger partial charge in [-0.1, -0.05) is 67.2 Å². The minimum absolute atomic E-state index is 0.106. The van der Waals surface area contributed by atoms with Crippen LogP contribution in [0.1, 0.15) is 25.3 Å². The first kappa shape index (κ1) is 23.6. The van der Waals surface area contributed by atoms with Gasteiger partial charge in [0, 0.05) is 12.1 Å². The Kier molecular flexibility index (Phi) is 7.99. The Morgan fingerprint density at radius 1 is 1.03 bits per heavy atom. The highest BCUT2D eigenvalue weighted by molar-refractivity contribution is 8.15. The van der Waals surface area contributed by atoms with Gasteiger partial charge in [-0.25, -0.2) is 4.99 Å². The summed E-state index contributed by atoms with van der Waals surface area (Å²) in [5, 5.41) is 2.88. The Balaban J connectivity index is 1.51. The molecule has 1 aliphatic rings. The summed E-state index contributed by atoms with van der Waals surface area (Å²) in [6.07, 6.45) is 1.04. The standard InChI is InChI=1S/C27H27N3O3S/c1-2-17-33-23-15-13-22(14-16-23)28-26(32)24-18-25(31)30(19-20-9-5-3-6-10-20)27(34-24)29-21-11-7-4-8-12-21/h3-16,24H,2,17-19H2,1H3,(H,28,32). The Hall–Kier alpha value is -3.58. The van der Waals surface area contributed by atoms with E-state index in [0.717, 1.165) is 23.4 Å². The summed E-state index contributed by atoms with van der Waals surface area (Å²) in [7, 11) is 0. The van der Waals surface area contributed by atoms with Crippen molar-refractivity contribution in [3.8, 4) is 5.75 Å². The Labute approximate surface area is 204 Å². The number of nitrogens with one attached hydrogen (secondary N) is 1. The number of amides is 2. The number of hydrogen-bond acceptors (Lipinski definition) is 5. The molecule has 3 aromatic carbocycles. The monoisotopic (exact) mass is 473 g/mol. The van der Waals surface area contributed by atoms with E-state index < -0.39 is 5.25 Å². The lowest BCUT2D eigenvalue weighted by molar-refractivity contribution is -0.129. The van der Waals surface area contributed by atoms with E-state index >= 15 is 0 Å². The molecule has 7 heteroatoms. The average Bonchev–Trinajstić information content (AvgIpc) is 2.86. The molecule has 1 N–H and O–H groups in total. The Morgan fingerprint density at radius 3 is 2.38 bits per heavy atom. The van der Waals surface area contributed by atoms with Crippen molar-refractivity contribution in [3.63, 3.8) is 0 Å². The first-order chi connectivity index (χ1) is 16.6. The fraction of sp³-hybridized carbons (Fsp3) is 0.222. The molecule has 1 saturated heterocycles. The Bertz CT molecular complexity index is 1130. The predicted octanol–water partition coefficient (Wildman–Crippen LogP) is 5.64. The summed E-state index contributed by atoms with van der Waals surface area (Å²) in [6.45, 7) is 3.11. The van der Waals surface area contributed by atoms with E-state index in [0.29, 0.717) is 24.0 Å². The number of carbonyl (C=O) groups excluding carboxylic acids is 2. The van der Waals surface area contributed by atoms with E-state index in [-0.39, 0.29) is 18.2 Å². The number of benzene rings is 3. The fourth-order valence-electron chi connectivity index (χ4n) is 3.45. The van der Waals surface area contributed by atoms with Gasteiger partial charge in [-0.15, -0.1) is 0 Å². The zero-order valence-corrected chi connectivity index (χ0v) is 19.8. The molecule has 174 valence electrons. The summed E-state index contributed by atoms with van der Waals surface area (Å²) in [5.74, 6) is 0.414. The van der Waals surface area contributed by atoms with Crippen LogP contribution >= 0.6 is 11.8 Å². The highest BCUT2D eigenvalue weighted by Crippen LogP contribution is 2.31. The van der Waals surface area contributed by atoms with Crippen molar-refractivity contribution in [1.29, 1.82) is 0 Å². The molecule has 0 aliphatic carbocycles. The average molecular weight is 474 g/mol. The van der Waals surface area contributed by atoms with Crippen molar-refractivity contribution in [2.45, 2.75) is 31.6 Å². The molecule has 4 rings (SSSR count). The Morgan fingerprint density at radius 2 is 1.71 bits per heavy atom. The van der Waals surface area contributed by atoms with Crippen molar-refractivity contribution >= 4 is 40.1 Å². The van der Waals surface area contributed by atoms with Gasteiger partial charge in [-0.2, -0.15) is 0 Å². The molecule has 1 atom stereocenters. The van der Waals surface area contributed by atoms with Gasteiger partial charge in [-0.05, 0) is 48.4 Å². The lowest BCUT2D eigenvalue weighted by Gasteiger charge is -2.32. The largest absolute Gasteiger partial charge is 0.494 e. The van der Waals surface area contributed by atoms with Crippen LogP contribution in [-0.4, -0.2) is 33.7 Å². The first-order valence-electron chi connectivity index (χ1n) is 11.3. The smallest absolute Gasteiger partial charge is 0.238 e. The van der Waals surface area contributed by atoms with Crippen LogP contribution in [0.2, 0.25) is 0 Å². The number of rotatable bonds is 8. The van der Waals surface area contributed by atoms with Gasteiger partial charge < -0.3 is 10.1 Å². The topological polar surface area (TPSA) is 71.0 Å². The number of ether oxygens (including phenoxy) is 1. The van der Waals surface area contributed by atoms with Crippen LogP contribution in [0.3, 0.4) is 0 Å². The van der Waals surface area contributed by atoms with Crippen LogP contribution in [-0.2, 0) is 16.1 Å². The molecule has 3 aromatic rings. The molecule has 0 saturated carbocycles. The third kappa shape index (κ3) is 6.26. The third-order valence-electron chi connectivity index (χ3n) is 5.19. The second kappa shape index (κ2) is 11.5. The van der Waals surface area contributed by atoms with Gasteiger partial charge in [0.15, 0.2) is 5.17 Å². The normalized spacial score (nSPS) is 17.0. The van der Waals surface area contributed by atoms with E-state index in [1.807, 2.05) is 79.7 Å². The quantitative estimate of drug-likeness (QED) is 0.460. The molecule has 1 aliphatic heterocycles. The van der Waals surface area contributed by atoms with Crippen LogP contribution in [0.25, 0.3) is 0 Å². The summed E-state index contributed by atoms with van der Waals surface area (Å²) < 4.78 is 5.59. The van der Waals surface area contributed by atoms with E-state index in [4.69, 9.17) is 9.73 Å². The molecule has 0 bridgehead atoms. The van der Waals surface area contributed by atoms with Crippen molar-refractivity contribution in [1.82, 2.24) is 4.90 Å². The van der Waals surface area contributed by atoms with Gasteiger partial charge >= 0.3 is 0 Å². The molecule has 6 nitrogen and oxygen atoms in total. The van der Waals surface area contributed by atoms with Crippen LogP contribution in [0.15, 0.2) is 89.9 Å². The van der Waals surface area contributed by atoms with Gasteiger partial charge in [-0.3, -0.25) is 14.5 Å². The summed E-state index contributed by atoms with van der Waals surface area (Å²) in [4.78, 5) is 32.6. The molecule has 34 heavy (non-hydrogen) atoms. The van der Waals surface area contributed by atoms with Crippen molar-refractivity contribution < 1.29 is 14.3 Å². The van der Waals surface area contributed by atoms with Crippen LogP contribution in [0.5, 0.6) is 5.75 Å². The van der Waals surface area contributed by atoms with E-state index in [2.05, 4.69) is 5.32 Å². The summed E-state index contributed by atoms with van der Waals surface area (Å²) in [6, 6.07) is 26.5. The molecule has 0 radical (unpaired) electrons. The molecule has 1 heterocycles. The number of carbonyl (C=O) groups is 2. The third-order valence-corrected chi connectivity index (χ3v) is 6.38. The lowest BCUT2D eigenvalue weighted by Crippen LogP contribution is -2.44. The molecular weight excluding hydrogens is 446 g/mol. The zero-order valence-electron chi connectivity index (χ0n) is 19.0. The van der Waals surface area contributed by atoms with Gasteiger partial charge in [0.1, 0.15) is 11.0 Å². The summed E-state index contributed by atoms with van der Waals surface area (Å²) >= 11 is 1.32. The number of thioether (sulfide) groups is 1. The first-order valence-corrected chi connectivity index (χ1v) is 12.2. The fourth-order valence-corrected chi connectivity index (χ4v) is 4.55. The molecule has 1 fully saturated rings. The van der Waals surface area contributed by atoms with Gasteiger partial charge in [0.05, 0.1) is 18.8 Å². The van der Waals surface area contributed by atoms with Gasteiger partial charge in [0.25, 0.3) is 0 Å². The minimum atomic E-state index is -0.571. The van der Waals surface area contributed by atoms with Crippen molar-refractivity contribution in [2.24, 2.45) is 4.99 Å². The second-order valence-electron chi connectivity index (χ2n) is 7.87. The van der Waals surface area contributed by atoms with E-state index in [1.165, 1.54) is 11.8 Å². The van der Waals surface area contributed by atoms with Crippen LogP contribution in [0, 0.1) is 0 Å². The number of para-hydroxylation sites is 1. The SMILES string of the molecule is CCCOc1ccc(NC(=O)C2CC(=O)N(Cc3ccccc3)C(=Nc3ccccc3)S2)cc1. The number of amidine groups is 1. The van der Waals surface area contributed by atoms with Crippen LogP contribution in [0.4, 0.5) is 11.4 Å². The summed E-state index contributed by atoms with van der Waals surface area (Å²) in [5.41, 5.74) is 2.40. The maximum Gasteiger partial charge on any atom is 0.238 e. The number of anilines is 1. The predicted molar refractivity (Wildman–Crippen MR) is 137 cm³/mol. The minimum Gasteiger partial charge on any atom is -0.494 e. The van der Waals surface area contributed by atoms with E-state index in [1.54, 1.807) is 17.0 Å². The number of hydrogen-bond donors (Lipinski definition) is 1. The number of nitrogens with zero attached hydrogens (tertiary/aromatic N) is 2.